The van der Waals surface area contributed by atoms with E-state index in [0.717, 1.165) is 11.1 Å². The Labute approximate surface area is 103 Å². The molecule has 17 heavy (non-hydrogen) atoms. The molecule has 0 unspecified atom stereocenters. The fourth-order valence-electron chi connectivity index (χ4n) is 1.53. The molecule has 0 bridgehead atoms. The highest BCUT2D eigenvalue weighted by molar-refractivity contribution is 6.30. The molecule has 0 atom stereocenters. The first-order chi connectivity index (χ1) is 8.16. The Morgan fingerprint density at radius 2 is 2.06 bits per heavy atom. The molecule has 0 radical (unpaired) electrons. The van der Waals surface area contributed by atoms with E-state index in [0.29, 0.717) is 10.7 Å². The number of hydrogen-bond acceptors (Lipinski definition) is 3. The highest BCUT2D eigenvalue weighted by Crippen LogP contribution is 2.25. The smallest absolute Gasteiger partial charge is 0.309 e. The SMILES string of the molecule is O=C(O)Cc1ncc(Cl)cc1-c1ccncc1. The molecule has 86 valence electrons. The van der Waals surface area contributed by atoms with Crippen molar-refractivity contribution in [3.8, 4) is 11.1 Å². The molecule has 2 rings (SSSR count). The van der Waals surface area contributed by atoms with Crippen LogP contribution in [0, 0.1) is 0 Å². The zero-order chi connectivity index (χ0) is 12.3. The Kier molecular flexibility index (Phi) is 3.35. The highest BCUT2D eigenvalue weighted by Gasteiger charge is 2.10. The molecule has 2 aromatic rings. The molecule has 2 heterocycles. The first-order valence-electron chi connectivity index (χ1n) is 4.93. The summed E-state index contributed by atoms with van der Waals surface area (Å²) in [5.74, 6) is -0.921. The normalized spacial score (nSPS) is 10.2. The van der Waals surface area contributed by atoms with Gasteiger partial charge in [-0.3, -0.25) is 14.8 Å². The van der Waals surface area contributed by atoms with E-state index in [1.165, 1.54) is 6.20 Å². The van der Waals surface area contributed by atoms with Gasteiger partial charge in [-0.05, 0) is 23.8 Å². The Morgan fingerprint density at radius 3 is 2.71 bits per heavy atom. The third-order valence-corrected chi connectivity index (χ3v) is 2.45. The molecule has 0 saturated carbocycles. The number of rotatable bonds is 3. The van der Waals surface area contributed by atoms with E-state index in [4.69, 9.17) is 16.7 Å². The zero-order valence-corrected chi connectivity index (χ0v) is 9.55. The molecule has 4 nitrogen and oxygen atoms in total. The third-order valence-electron chi connectivity index (χ3n) is 2.25. The van der Waals surface area contributed by atoms with Gasteiger partial charge in [-0.2, -0.15) is 0 Å². The molecule has 2 aromatic heterocycles. The predicted molar refractivity (Wildman–Crippen MR) is 63.8 cm³/mol. The van der Waals surface area contributed by atoms with Crippen LogP contribution in [0.4, 0.5) is 0 Å². The van der Waals surface area contributed by atoms with Gasteiger partial charge >= 0.3 is 5.97 Å². The quantitative estimate of drug-likeness (QED) is 0.906. The fraction of sp³-hybridized carbons (Fsp3) is 0.0833. The van der Waals surface area contributed by atoms with Gasteiger partial charge in [0.15, 0.2) is 0 Å². The maximum atomic E-state index is 10.8. The minimum atomic E-state index is -0.921. The summed E-state index contributed by atoms with van der Waals surface area (Å²) in [6, 6.07) is 5.29. The van der Waals surface area contributed by atoms with Crippen molar-refractivity contribution in [2.75, 3.05) is 0 Å². The number of carbonyl (C=O) groups is 1. The number of aliphatic carboxylic acids is 1. The number of aromatic nitrogens is 2. The second-order valence-corrected chi connectivity index (χ2v) is 3.89. The molecule has 0 saturated heterocycles. The minimum Gasteiger partial charge on any atom is -0.481 e. The van der Waals surface area contributed by atoms with Crippen molar-refractivity contribution in [2.24, 2.45) is 0 Å². The molecular weight excluding hydrogens is 240 g/mol. The van der Waals surface area contributed by atoms with E-state index in [1.807, 2.05) is 0 Å². The molecule has 0 aromatic carbocycles. The van der Waals surface area contributed by atoms with Crippen molar-refractivity contribution in [2.45, 2.75) is 6.42 Å². The lowest BCUT2D eigenvalue weighted by Crippen LogP contribution is -2.04. The summed E-state index contributed by atoms with van der Waals surface area (Å²) in [5, 5.41) is 9.30. The van der Waals surface area contributed by atoms with E-state index < -0.39 is 5.97 Å². The number of hydrogen-bond donors (Lipinski definition) is 1. The van der Waals surface area contributed by atoms with Crippen LogP contribution in [0.15, 0.2) is 36.8 Å². The van der Waals surface area contributed by atoms with Gasteiger partial charge < -0.3 is 5.11 Å². The van der Waals surface area contributed by atoms with Crippen LogP contribution >= 0.6 is 11.6 Å². The van der Waals surface area contributed by atoms with Crippen molar-refractivity contribution >= 4 is 17.6 Å². The van der Waals surface area contributed by atoms with E-state index in [1.54, 1.807) is 30.6 Å². The minimum absolute atomic E-state index is 0.130. The van der Waals surface area contributed by atoms with Crippen molar-refractivity contribution in [3.05, 3.63) is 47.5 Å². The lowest BCUT2D eigenvalue weighted by atomic mass is 10.0. The summed E-state index contributed by atoms with van der Waals surface area (Å²) in [5.41, 5.74) is 2.07. The average molecular weight is 249 g/mol. The van der Waals surface area contributed by atoms with Crippen LogP contribution in [0.5, 0.6) is 0 Å². The van der Waals surface area contributed by atoms with Gasteiger partial charge in [-0.25, -0.2) is 0 Å². The van der Waals surface area contributed by atoms with Gasteiger partial charge in [0.2, 0.25) is 0 Å². The summed E-state index contributed by atoms with van der Waals surface area (Å²) < 4.78 is 0. The summed E-state index contributed by atoms with van der Waals surface area (Å²) in [6.07, 6.45) is 4.60. The Morgan fingerprint density at radius 1 is 1.35 bits per heavy atom. The van der Waals surface area contributed by atoms with Crippen LogP contribution in [-0.2, 0) is 11.2 Å². The Balaban J connectivity index is 2.51. The lowest BCUT2D eigenvalue weighted by Gasteiger charge is -2.07. The second-order valence-electron chi connectivity index (χ2n) is 3.45. The van der Waals surface area contributed by atoms with Crippen molar-refractivity contribution in [3.63, 3.8) is 0 Å². The van der Waals surface area contributed by atoms with Crippen molar-refractivity contribution in [1.82, 2.24) is 9.97 Å². The van der Waals surface area contributed by atoms with Crippen LogP contribution in [-0.4, -0.2) is 21.0 Å². The first kappa shape index (κ1) is 11.5. The molecule has 0 amide bonds. The largest absolute Gasteiger partial charge is 0.481 e. The number of carboxylic acids is 1. The third kappa shape index (κ3) is 2.79. The monoisotopic (exact) mass is 248 g/mol. The van der Waals surface area contributed by atoms with Crippen molar-refractivity contribution in [1.29, 1.82) is 0 Å². The first-order valence-corrected chi connectivity index (χ1v) is 5.31. The topological polar surface area (TPSA) is 63.1 Å². The van der Waals surface area contributed by atoms with E-state index in [-0.39, 0.29) is 6.42 Å². The average Bonchev–Trinajstić information content (AvgIpc) is 2.32. The van der Waals surface area contributed by atoms with Gasteiger partial charge in [-0.15, -0.1) is 0 Å². The highest BCUT2D eigenvalue weighted by atomic mass is 35.5. The van der Waals surface area contributed by atoms with Crippen molar-refractivity contribution < 1.29 is 9.90 Å². The number of halogens is 1. The number of carboxylic acid groups (broad SMARTS) is 1. The van der Waals surface area contributed by atoms with Crippen LogP contribution in [0.2, 0.25) is 5.02 Å². The predicted octanol–water partition coefficient (Wildman–Crippen LogP) is 2.42. The van der Waals surface area contributed by atoms with Crippen LogP contribution in [0.1, 0.15) is 5.69 Å². The van der Waals surface area contributed by atoms with Gasteiger partial charge in [0.05, 0.1) is 17.1 Å². The Hall–Kier alpha value is -1.94. The maximum Gasteiger partial charge on any atom is 0.309 e. The van der Waals surface area contributed by atoms with Gasteiger partial charge in [0.25, 0.3) is 0 Å². The number of nitrogens with zero attached hydrogens (tertiary/aromatic N) is 2. The molecule has 0 aliphatic heterocycles. The molecule has 0 aliphatic rings. The zero-order valence-electron chi connectivity index (χ0n) is 8.80. The number of pyridine rings is 2. The standard InChI is InChI=1S/C12H9ClN2O2/c13-9-5-10(8-1-3-14-4-2-8)11(15-7-9)6-12(16)17/h1-5,7H,6H2,(H,16,17). The van der Waals surface area contributed by atoms with E-state index in [9.17, 15) is 4.79 Å². The van der Waals surface area contributed by atoms with E-state index in [2.05, 4.69) is 9.97 Å². The van der Waals surface area contributed by atoms with Crippen LogP contribution in [0.25, 0.3) is 11.1 Å². The molecular formula is C12H9ClN2O2. The Bertz CT molecular complexity index is 543. The van der Waals surface area contributed by atoms with Gasteiger partial charge in [-0.1, -0.05) is 11.6 Å². The molecule has 1 N–H and O–H groups in total. The van der Waals surface area contributed by atoms with Crippen LogP contribution < -0.4 is 0 Å². The van der Waals surface area contributed by atoms with Gasteiger partial charge in [0.1, 0.15) is 0 Å². The molecule has 0 fully saturated rings. The fourth-order valence-corrected chi connectivity index (χ4v) is 1.69. The maximum absolute atomic E-state index is 10.8. The lowest BCUT2D eigenvalue weighted by molar-refractivity contribution is -0.136. The van der Waals surface area contributed by atoms with Gasteiger partial charge in [0, 0.05) is 24.2 Å². The summed E-state index contributed by atoms with van der Waals surface area (Å²) >= 11 is 5.88. The second kappa shape index (κ2) is 4.93. The summed E-state index contributed by atoms with van der Waals surface area (Å²) in [6.45, 7) is 0. The summed E-state index contributed by atoms with van der Waals surface area (Å²) in [4.78, 5) is 18.7. The van der Waals surface area contributed by atoms with Crippen LogP contribution in [0.3, 0.4) is 0 Å². The molecule has 0 aliphatic carbocycles. The van der Waals surface area contributed by atoms with E-state index >= 15 is 0 Å². The summed E-state index contributed by atoms with van der Waals surface area (Å²) in [7, 11) is 0. The molecule has 0 spiro atoms. The molecule has 5 heteroatoms.